The second-order valence-electron chi connectivity index (χ2n) is 8.53. The van der Waals surface area contributed by atoms with E-state index in [1.807, 2.05) is 24.3 Å². The predicted molar refractivity (Wildman–Crippen MR) is 119 cm³/mol. The van der Waals surface area contributed by atoms with E-state index in [9.17, 15) is 14.0 Å². The highest BCUT2D eigenvalue weighted by Gasteiger charge is 2.42. The number of rotatable bonds is 5. The van der Waals surface area contributed by atoms with E-state index in [-0.39, 0.29) is 30.2 Å². The lowest BCUT2D eigenvalue weighted by Gasteiger charge is -2.43. The fourth-order valence-electron chi connectivity index (χ4n) is 4.75. The minimum atomic E-state index is -0.711. The Morgan fingerprint density at radius 3 is 2.19 bits per heavy atom. The Hall–Kier alpha value is -2.40. The number of hydrogen-bond acceptors (Lipinski definition) is 2. The standard InChI is InChI=1S/C25H28ClFN2O2/c26-20-11-7-18(8-12-20)15-16-28-23(30)17-29(22-5-3-1-2-4-6-22)25(31)24(28)19-9-13-21(27)14-10-19/h7-14,22,24H,1-6,15-17H2/t24-/m0/s1. The lowest BCUT2D eigenvalue weighted by Crippen LogP contribution is -2.58. The summed E-state index contributed by atoms with van der Waals surface area (Å²) in [6.07, 6.45) is 7.05. The van der Waals surface area contributed by atoms with Crippen LogP contribution in [0.4, 0.5) is 4.39 Å². The number of benzene rings is 2. The molecule has 4 nitrogen and oxygen atoms in total. The number of amides is 2. The van der Waals surface area contributed by atoms with Gasteiger partial charge in [0, 0.05) is 17.6 Å². The van der Waals surface area contributed by atoms with Crippen molar-refractivity contribution in [3.63, 3.8) is 0 Å². The van der Waals surface area contributed by atoms with Crippen molar-refractivity contribution in [1.82, 2.24) is 9.80 Å². The van der Waals surface area contributed by atoms with Gasteiger partial charge in [-0.3, -0.25) is 9.59 Å². The molecule has 0 bridgehead atoms. The van der Waals surface area contributed by atoms with Gasteiger partial charge in [-0.25, -0.2) is 4.39 Å². The summed E-state index contributed by atoms with van der Waals surface area (Å²) in [6, 6.07) is 12.9. The molecular weight excluding hydrogens is 415 g/mol. The summed E-state index contributed by atoms with van der Waals surface area (Å²) in [5, 5.41) is 0.663. The van der Waals surface area contributed by atoms with Crippen molar-refractivity contribution in [3.8, 4) is 0 Å². The zero-order valence-corrected chi connectivity index (χ0v) is 18.4. The molecule has 6 heteroatoms. The lowest BCUT2D eigenvalue weighted by atomic mass is 9.97. The van der Waals surface area contributed by atoms with Crippen molar-refractivity contribution in [3.05, 3.63) is 70.5 Å². The van der Waals surface area contributed by atoms with Gasteiger partial charge in [0.2, 0.25) is 5.91 Å². The van der Waals surface area contributed by atoms with Crippen molar-refractivity contribution >= 4 is 23.4 Å². The Bertz CT molecular complexity index is 908. The van der Waals surface area contributed by atoms with Gasteiger partial charge in [0.15, 0.2) is 0 Å². The van der Waals surface area contributed by atoms with Crippen LogP contribution >= 0.6 is 11.6 Å². The molecule has 2 amide bonds. The molecule has 2 aromatic rings. The van der Waals surface area contributed by atoms with Crippen LogP contribution in [0.25, 0.3) is 0 Å². The predicted octanol–water partition coefficient (Wildman–Crippen LogP) is 5.16. The Balaban J connectivity index is 1.59. The van der Waals surface area contributed by atoms with Crippen LogP contribution < -0.4 is 0 Å². The molecule has 0 aromatic heterocycles. The molecule has 0 N–H and O–H groups in total. The Kier molecular flexibility index (Phi) is 6.91. The van der Waals surface area contributed by atoms with E-state index in [4.69, 9.17) is 11.6 Å². The number of hydrogen-bond donors (Lipinski definition) is 0. The Labute approximate surface area is 188 Å². The number of halogens is 2. The lowest BCUT2D eigenvalue weighted by molar-refractivity contribution is -0.158. The van der Waals surface area contributed by atoms with E-state index in [0.29, 0.717) is 23.6 Å². The molecule has 31 heavy (non-hydrogen) atoms. The molecule has 164 valence electrons. The van der Waals surface area contributed by atoms with E-state index < -0.39 is 6.04 Å². The SMILES string of the molecule is O=C1[C@H](c2ccc(F)cc2)N(CCc2ccc(Cl)cc2)C(=O)CN1C1CCCCCC1. The third-order valence-electron chi connectivity index (χ3n) is 6.46. The molecule has 1 saturated carbocycles. The average Bonchev–Trinajstić information content (AvgIpc) is 3.05. The fourth-order valence-corrected chi connectivity index (χ4v) is 4.88. The summed E-state index contributed by atoms with van der Waals surface area (Å²) in [5.41, 5.74) is 1.71. The summed E-state index contributed by atoms with van der Waals surface area (Å²) >= 11 is 5.97. The highest BCUT2D eigenvalue weighted by molar-refractivity contribution is 6.30. The number of piperazine rings is 1. The summed E-state index contributed by atoms with van der Waals surface area (Å²) in [4.78, 5) is 30.4. The van der Waals surface area contributed by atoms with Gasteiger partial charge in [-0.1, -0.05) is 61.5 Å². The third kappa shape index (κ3) is 5.09. The van der Waals surface area contributed by atoms with Crippen molar-refractivity contribution in [2.24, 2.45) is 0 Å². The molecule has 2 aromatic carbocycles. The Morgan fingerprint density at radius 1 is 0.903 bits per heavy atom. The first-order valence-corrected chi connectivity index (χ1v) is 11.5. The smallest absolute Gasteiger partial charge is 0.250 e. The largest absolute Gasteiger partial charge is 0.328 e. The van der Waals surface area contributed by atoms with Gasteiger partial charge in [0.25, 0.3) is 5.91 Å². The van der Waals surface area contributed by atoms with Crippen LogP contribution in [-0.4, -0.2) is 40.7 Å². The summed E-state index contributed by atoms with van der Waals surface area (Å²) in [5.74, 6) is -0.451. The van der Waals surface area contributed by atoms with Crippen molar-refractivity contribution < 1.29 is 14.0 Å². The molecule has 2 aliphatic rings. The highest BCUT2D eigenvalue weighted by atomic mass is 35.5. The van der Waals surface area contributed by atoms with Gasteiger partial charge in [-0.2, -0.15) is 0 Å². The average molecular weight is 443 g/mol. The molecule has 1 aliphatic carbocycles. The van der Waals surface area contributed by atoms with Gasteiger partial charge >= 0.3 is 0 Å². The van der Waals surface area contributed by atoms with Crippen LogP contribution in [0.5, 0.6) is 0 Å². The molecule has 0 unspecified atom stereocenters. The molecule has 1 saturated heterocycles. The second-order valence-corrected chi connectivity index (χ2v) is 8.97. The van der Waals surface area contributed by atoms with Gasteiger partial charge in [0.05, 0.1) is 0 Å². The maximum atomic E-state index is 13.7. The first-order valence-electron chi connectivity index (χ1n) is 11.1. The van der Waals surface area contributed by atoms with Crippen LogP contribution in [0, 0.1) is 5.82 Å². The number of carbonyl (C=O) groups is 2. The van der Waals surface area contributed by atoms with E-state index >= 15 is 0 Å². The van der Waals surface area contributed by atoms with Gasteiger partial charge < -0.3 is 9.80 Å². The molecule has 0 spiro atoms. The van der Waals surface area contributed by atoms with Gasteiger partial charge in [-0.15, -0.1) is 0 Å². The van der Waals surface area contributed by atoms with Crippen molar-refractivity contribution in [2.75, 3.05) is 13.1 Å². The van der Waals surface area contributed by atoms with Crippen LogP contribution in [0.15, 0.2) is 48.5 Å². The topological polar surface area (TPSA) is 40.6 Å². The van der Waals surface area contributed by atoms with E-state index in [1.54, 1.807) is 21.9 Å². The number of nitrogens with zero attached hydrogens (tertiary/aromatic N) is 2. The van der Waals surface area contributed by atoms with E-state index in [2.05, 4.69) is 0 Å². The van der Waals surface area contributed by atoms with Crippen LogP contribution in [-0.2, 0) is 16.0 Å². The minimum absolute atomic E-state index is 0.0470. The summed E-state index contributed by atoms with van der Waals surface area (Å²) < 4.78 is 13.6. The monoisotopic (exact) mass is 442 g/mol. The number of carbonyl (C=O) groups excluding carboxylic acids is 2. The normalized spacial score (nSPS) is 20.8. The molecule has 4 rings (SSSR count). The third-order valence-corrected chi connectivity index (χ3v) is 6.71. The Morgan fingerprint density at radius 2 is 1.55 bits per heavy atom. The van der Waals surface area contributed by atoms with Crippen molar-refractivity contribution in [2.45, 2.75) is 57.0 Å². The molecule has 1 heterocycles. The molecule has 2 fully saturated rings. The first-order chi connectivity index (χ1) is 15.0. The second kappa shape index (κ2) is 9.82. The maximum Gasteiger partial charge on any atom is 0.250 e. The highest BCUT2D eigenvalue weighted by Crippen LogP contribution is 2.32. The quantitative estimate of drug-likeness (QED) is 0.600. The zero-order chi connectivity index (χ0) is 21.8. The summed E-state index contributed by atoms with van der Waals surface area (Å²) in [6.45, 7) is 0.550. The van der Waals surface area contributed by atoms with Crippen molar-refractivity contribution in [1.29, 1.82) is 0 Å². The summed E-state index contributed by atoms with van der Waals surface area (Å²) in [7, 11) is 0. The van der Waals surface area contributed by atoms with Gasteiger partial charge in [-0.05, 0) is 54.7 Å². The molecule has 0 radical (unpaired) electrons. The molecular formula is C25H28ClFN2O2. The molecule has 1 atom stereocenters. The minimum Gasteiger partial charge on any atom is -0.328 e. The van der Waals surface area contributed by atoms with Gasteiger partial charge in [0.1, 0.15) is 18.4 Å². The van der Waals surface area contributed by atoms with Crippen LogP contribution in [0.3, 0.4) is 0 Å². The molecule has 1 aliphatic heterocycles. The van der Waals surface area contributed by atoms with E-state index in [1.165, 1.54) is 25.0 Å². The first kappa shape index (κ1) is 21.8. The fraction of sp³-hybridized carbons (Fsp3) is 0.440. The van der Waals surface area contributed by atoms with E-state index in [0.717, 1.165) is 31.2 Å². The maximum absolute atomic E-state index is 13.7. The zero-order valence-electron chi connectivity index (χ0n) is 17.6. The van der Waals surface area contributed by atoms with Crippen LogP contribution in [0.1, 0.15) is 55.7 Å². The van der Waals surface area contributed by atoms with Crippen LogP contribution in [0.2, 0.25) is 5.02 Å².